The van der Waals surface area contributed by atoms with Gasteiger partial charge in [-0.1, -0.05) is 0 Å². The van der Waals surface area contributed by atoms with E-state index in [4.69, 9.17) is 4.42 Å². The van der Waals surface area contributed by atoms with E-state index in [1.807, 2.05) is 0 Å². The average molecular weight is 302 g/mol. The zero-order chi connectivity index (χ0) is 12.4. The average Bonchev–Trinajstić information content (AvgIpc) is 2.80. The molecule has 0 fully saturated rings. The molecule has 0 amide bonds. The number of hydrogen-bond acceptors (Lipinski definition) is 2. The van der Waals surface area contributed by atoms with Crippen LogP contribution in [0.4, 0.5) is 8.78 Å². The van der Waals surface area contributed by atoms with Gasteiger partial charge in [-0.25, -0.2) is 8.78 Å². The second kappa shape index (κ2) is 4.98. The van der Waals surface area contributed by atoms with E-state index in [0.29, 0.717) is 0 Å². The van der Waals surface area contributed by atoms with Gasteiger partial charge in [-0.05, 0) is 41.2 Å². The third kappa shape index (κ3) is 2.40. The normalized spacial score (nSPS) is 12.7. The zero-order valence-electron chi connectivity index (χ0n) is 9.01. The Balaban J connectivity index is 2.48. The molecule has 5 heteroatoms. The van der Waals surface area contributed by atoms with E-state index < -0.39 is 17.7 Å². The summed E-state index contributed by atoms with van der Waals surface area (Å²) in [6, 6.07) is 3.57. The highest BCUT2D eigenvalue weighted by Gasteiger charge is 2.19. The number of rotatable bonds is 3. The van der Waals surface area contributed by atoms with Crippen molar-refractivity contribution in [3.05, 3.63) is 58.0 Å². The number of benzene rings is 1. The maximum Gasteiger partial charge on any atom is 0.137 e. The van der Waals surface area contributed by atoms with Crippen LogP contribution in [0.15, 0.2) is 39.6 Å². The van der Waals surface area contributed by atoms with Crippen LogP contribution in [0.25, 0.3) is 0 Å². The largest absolute Gasteiger partial charge is 0.472 e. The summed E-state index contributed by atoms with van der Waals surface area (Å²) in [5, 5.41) is 2.93. The molecule has 1 N–H and O–H groups in total. The fourth-order valence-electron chi connectivity index (χ4n) is 1.70. The van der Waals surface area contributed by atoms with E-state index >= 15 is 0 Å². The van der Waals surface area contributed by atoms with Crippen LogP contribution in [0.5, 0.6) is 0 Å². The summed E-state index contributed by atoms with van der Waals surface area (Å²) in [6.07, 6.45) is 2.99. The molecule has 1 unspecified atom stereocenters. The minimum Gasteiger partial charge on any atom is -0.472 e. The molecule has 0 radical (unpaired) electrons. The molecule has 1 atom stereocenters. The minimum atomic E-state index is -0.495. The van der Waals surface area contributed by atoms with Crippen LogP contribution < -0.4 is 5.32 Å². The third-order valence-electron chi connectivity index (χ3n) is 2.52. The Morgan fingerprint density at radius 1 is 1.29 bits per heavy atom. The molecule has 0 aliphatic heterocycles. The molecule has 0 aliphatic carbocycles. The second-order valence-electron chi connectivity index (χ2n) is 3.57. The number of furan rings is 1. The Morgan fingerprint density at radius 3 is 2.65 bits per heavy atom. The quantitative estimate of drug-likeness (QED) is 0.876. The van der Waals surface area contributed by atoms with Crippen LogP contribution in [-0.2, 0) is 0 Å². The molecule has 1 aromatic carbocycles. The maximum absolute atomic E-state index is 13.8. The van der Waals surface area contributed by atoms with Gasteiger partial charge in [0, 0.05) is 11.1 Å². The van der Waals surface area contributed by atoms with Crippen LogP contribution in [0, 0.1) is 11.6 Å². The van der Waals surface area contributed by atoms with Gasteiger partial charge < -0.3 is 9.73 Å². The summed E-state index contributed by atoms with van der Waals surface area (Å²) in [5.74, 6) is -0.969. The van der Waals surface area contributed by atoms with E-state index in [1.54, 1.807) is 13.1 Å². The zero-order valence-corrected chi connectivity index (χ0v) is 10.6. The predicted octanol–water partition coefficient (Wildman–Crippen LogP) is 3.63. The summed E-state index contributed by atoms with van der Waals surface area (Å²) in [4.78, 5) is 0. The van der Waals surface area contributed by atoms with Crippen molar-refractivity contribution < 1.29 is 13.2 Å². The van der Waals surface area contributed by atoms with E-state index in [9.17, 15) is 8.78 Å². The van der Waals surface area contributed by atoms with Crippen molar-refractivity contribution in [2.45, 2.75) is 6.04 Å². The molecule has 1 heterocycles. The first-order valence-corrected chi connectivity index (χ1v) is 5.76. The molecule has 90 valence electrons. The van der Waals surface area contributed by atoms with Crippen molar-refractivity contribution >= 4 is 15.9 Å². The number of nitrogens with one attached hydrogen (secondary N) is 1. The van der Waals surface area contributed by atoms with Gasteiger partial charge in [-0.3, -0.25) is 0 Å². The highest BCUT2D eigenvalue weighted by Crippen LogP contribution is 2.28. The Hall–Kier alpha value is -1.20. The third-order valence-corrected chi connectivity index (χ3v) is 3.12. The molecular formula is C12H10BrF2NO. The molecule has 0 aliphatic rings. The maximum atomic E-state index is 13.8. The van der Waals surface area contributed by atoms with Crippen molar-refractivity contribution in [2.24, 2.45) is 0 Å². The number of hydrogen-bond donors (Lipinski definition) is 1. The van der Waals surface area contributed by atoms with Gasteiger partial charge in [0.2, 0.25) is 0 Å². The Morgan fingerprint density at radius 2 is 2.06 bits per heavy atom. The van der Waals surface area contributed by atoms with Gasteiger partial charge in [0.1, 0.15) is 11.6 Å². The van der Waals surface area contributed by atoms with Gasteiger partial charge >= 0.3 is 0 Å². The fourth-order valence-corrected chi connectivity index (χ4v) is 2.02. The van der Waals surface area contributed by atoms with Crippen LogP contribution in [0.2, 0.25) is 0 Å². The molecule has 0 saturated heterocycles. The van der Waals surface area contributed by atoms with Crippen molar-refractivity contribution in [2.75, 3.05) is 7.05 Å². The Bertz CT molecular complexity index is 513. The van der Waals surface area contributed by atoms with Gasteiger partial charge in [-0.2, -0.15) is 0 Å². The minimum absolute atomic E-state index is 0.112. The SMILES string of the molecule is CNC(c1ccoc1)c1cc(F)c(Br)cc1F. The first-order valence-electron chi connectivity index (χ1n) is 4.97. The molecule has 2 aromatic rings. The van der Waals surface area contributed by atoms with Crippen molar-refractivity contribution in [1.29, 1.82) is 0 Å². The molecular weight excluding hydrogens is 292 g/mol. The van der Waals surface area contributed by atoms with Crippen LogP contribution in [0.1, 0.15) is 17.2 Å². The number of halogens is 3. The molecule has 0 saturated carbocycles. The highest BCUT2D eigenvalue weighted by atomic mass is 79.9. The van der Waals surface area contributed by atoms with Gasteiger partial charge in [0.25, 0.3) is 0 Å². The van der Waals surface area contributed by atoms with Crippen LogP contribution in [0.3, 0.4) is 0 Å². The Kier molecular flexibility index (Phi) is 3.59. The second-order valence-corrected chi connectivity index (χ2v) is 4.42. The monoisotopic (exact) mass is 301 g/mol. The molecule has 2 rings (SSSR count). The van der Waals surface area contributed by atoms with Gasteiger partial charge in [0.05, 0.1) is 23.0 Å². The fraction of sp³-hybridized carbons (Fsp3) is 0.167. The summed E-state index contributed by atoms with van der Waals surface area (Å²) >= 11 is 2.95. The van der Waals surface area contributed by atoms with Gasteiger partial charge in [0.15, 0.2) is 0 Å². The molecule has 17 heavy (non-hydrogen) atoms. The summed E-state index contributed by atoms with van der Waals surface area (Å²) < 4.78 is 32.3. The van der Waals surface area contributed by atoms with Crippen molar-refractivity contribution in [3.63, 3.8) is 0 Å². The standard InChI is InChI=1S/C12H10BrF2NO/c1-16-12(7-2-3-17-6-7)8-4-11(15)9(13)5-10(8)14/h2-6,12,16H,1H3. The smallest absolute Gasteiger partial charge is 0.137 e. The lowest BCUT2D eigenvalue weighted by atomic mass is 10.0. The topological polar surface area (TPSA) is 25.2 Å². The van der Waals surface area contributed by atoms with E-state index in [-0.39, 0.29) is 10.0 Å². The summed E-state index contributed by atoms with van der Waals surface area (Å²) in [5.41, 5.74) is 0.989. The Labute approximate surface area is 106 Å². The molecule has 0 bridgehead atoms. The molecule has 2 nitrogen and oxygen atoms in total. The summed E-state index contributed by atoms with van der Waals surface area (Å²) in [7, 11) is 1.68. The van der Waals surface area contributed by atoms with Crippen molar-refractivity contribution in [1.82, 2.24) is 5.32 Å². The predicted molar refractivity (Wildman–Crippen MR) is 63.7 cm³/mol. The van der Waals surface area contributed by atoms with E-state index in [0.717, 1.165) is 11.6 Å². The first-order chi connectivity index (χ1) is 8.13. The van der Waals surface area contributed by atoms with Crippen LogP contribution >= 0.6 is 15.9 Å². The van der Waals surface area contributed by atoms with Crippen LogP contribution in [-0.4, -0.2) is 7.05 Å². The van der Waals surface area contributed by atoms with E-state index in [1.165, 1.54) is 18.6 Å². The van der Waals surface area contributed by atoms with Gasteiger partial charge in [-0.15, -0.1) is 0 Å². The lowest BCUT2D eigenvalue weighted by Crippen LogP contribution is -2.18. The highest BCUT2D eigenvalue weighted by molar-refractivity contribution is 9.10. The lowest BCUT2D eigenvalue weighted by molar-refractivity contribution is 0.540. The molecule has 1 aromatic heterocycles. The van der Waals surface area contributed by atoms with E-state index in [2.05, 4.69) is 21.2 Å². The first kappa shape index (κ1) is 12.3. The lowest BCUT2D eigenvalue weighted by Gasteiger charge is -2.16. The summed E-state index contributed by atoms with van der Waals surface area (Å²) in [6.45, 7) is 0. The van der Waals surface area contributed by atoms with Crippen molar-refractivity contribution in [3.8, 4) is 0 Å². The molecule has 0 spiro atoms.